The van der Waals surface area contributed by atoms with Crippen LogP contribution in [-0.4, -0.2) is 371 Å². The first-order valence-corrected chi connectivity index (χ1v) is 39.7. The summed E-state index contributed by atoms with van der Waals surface area (Å²) in [5.41, 5.74) is 12.7. The number of hydrogen-bond donors (Lipinski definition) is 30. The molecule has 5 rings (SSSR count). The van der Waals surface area contributed by atoms with Gasteiger partial charge in [-0.05, 0) is 68.2 Å². The van der Waals surface area contributed by atoms with E-state index in [1.807, 2.05) is 0 Å². The van der Waals surface area contributed by atoms with Crippen LogP contribution < -0.4 is 16.8 Å². The zero-order valence-corrected chi connectivity index (χ0v) is 70.2. The second-order valence-corrected chi connectivity index (χ2v) is 29.2. The minimum Gasteiger partial charge on any atom is -0.508 e. The molecule has 32 N–H and O–H groups in total. The molecule has 14 atom stereocenters. The number of benzene rings is 2. The standard InChI is InChI=1S/C78H107N25O27/c1-37(2)63(76(128)101-54(26-43-31-85-36-90-43)74(126)99-52(24-41-29-83-34-88-41)72(124)96-49(77(129)130)15-18-57(80)106)103-69(121)48(17-20-60(110)111)95-70(122)50(23-40-11-13-44(105)14-12-40)92-58(107)32-87-66(118)56(33-104)102-75(127)55(28-62(114)115)100-73(125)53(25-42-30-84-35-89-42)98-67(119)46(10-7-21-86-78(81)82)94-71(123)51(22-39-8-5-4-6-9-39)97-68(120)47(16-19-59(108)109)93-64(116)38(3)91-65(117)45(79)27-61(112)113/h4-6,8-9,11-14,29-31,34-38,45-56,63,104-105H,7,10,15-28,32-33,79H2,1-3H3,(H2,80,106)(H,83,88)(H,84,89)(H,85,90)(H,87,118)(H,91,117)(H,92,107)(H,93,116)(H,94,123)(H,95,122)(H,96,124)(H,97,120)(H,98,119)(H,99,126)(H,100,125)(H,101,128)(H,102,127)(H,103,121)(H,108,109)(H,110,111)(H,112,113)(H,114,115)(H,129,130)(H4,81,82,86). The number of H-pyrrole nitrogens is 3. The minimum atomic E-state index is -2.16. The summed E-state index contributed by atoms with van der Waals surface area (Å²) in [7, 11) is 0. The molecule has 0 aliphatic rings. The maximum absolute atomic E-state index is 12.5. The van der Waals surface area contributed by atoms with Crippen molar-refractivity contribution in [1.82, 2.24) is 35.2 Å². The number of imidazole rings is 3. The Morgan fingerprint density at radius 3 is 1.22 bits per heavy atom. The minimum absolute atomic E-state index is 0.0382. The zero-order valence-electron chi connectivity index (χ0n) is 70.2. The molecule has 706 valence electrons. The topological polar surface area (TPSA) is 901 Å². The third-order valence-corrected chi connectivity index (χ3v) is 18.4. The van der Waals surface area contributed by atoms with Crippen molar-refractivity contribution >= 4 is 124 Å². The van der Waals surface area contributed by atoms with Gasteiger partial charge in [-0.25, -0.2) is 89.6 Å². The third kappa shape index (κ3) is 37.7. The first-order chi connectivity index (χ1) is 61.5. The molecule has 52 nitrogen and oxygen atoms in total. The molecule has 0 amide bonds. The Bertz CT molecular complexity index is 5000. The van der Waals surface area contributed by atoms with Crippen molar-refractivity contribution < 1.29 is 136 Å². The summed E-state index contributed by atoms with van der Waals surface area (Å²) < 4.78 is 0. The Morgan fingerprint density at radius 1 is 0.408 bits per heavy atom. The first-order valence-electron chi connectivity index (χ1n) is 39.7. The van der Waals surface area contributed by atoms with Gasteiger partial charge in [0, 0.05) is 93.6 Å². The number of aliphatic carboxylic acids is 5. The number of phenolic OH excluding ortho intramolecular Hbond substituents is 1. The molecule has 52 heteroatoms. The number of rotatable bonds is 58. The molecule has 3 aromatic heterocycles. The quantitative estimate of drug-likeness (QED) is 0.0150. The van der Waals surface area contributed by atoms with E-state index in [1.54, 1.807) is 30.3 Å². The number of aliphatic hydroxyl groups is 16. The van der Waals surface area contributed by atoms with Crippen LogP contribution in [0.3, 0.4) is 0 Å². The second-order valence-electron chi connectivity index (χ2n) is 29.2. The third-order valence-electron chi connectivity index (χ3n) is 18.4. The fourth-order valence-electron chi connectivity index (χ4n) is 11.6. The van der Waals surface area contributed by atoms with Crippen molar-refractivity contribution in [3.8, 4) is 5.75 Å². The highest BCUT2D eigenvalue weighted by Gasteiger charge is 2.34. The number of nitrogens with zero attached hydrogens (tertiary/aromatic N) is 17. The molecule has 5 aromatic rings. The van der Waals surface area contributed by atoms with Crippen molar-refractivity contribution in [2.45, 2.75) is 202 Å². The Kier molecular flexibility index (Phi) is 42.9. The first kappa shape index (κ1) is 105. The number of aromatic amines is 3. The van der Waals surface area contributed by atoms with Gasteiger partial charge in [-0.1, -0.05) is 56.3 Å². The number of aliphatic imine (C=N–C) groups is 14. The molecule has 3 heterocycles. The highest BCUT2D eigenvalue weighted by Crippen LogP contribution is 2.22. The van der Waals surface area contributed by atoms with E-state index in [1.165, 1.54) is 82.6 Å². The molecule has 130 heavy (non-hydrogen) atoms. The predicted molar refractivity (Wildman–Crippen MR) is 474 cm³/mol. The van der Waals surface area contributed by atoms with Crippen molar-refractivity contribution in [3.05, 3.63) is 120 Å². The molecule has 0 aliphatic carbocycles. The summed E-state index contributed by atoms with van der Waals surface area (Å²) in [4.78, 5) is 137. The van der Waals surface area contributed by atoms with Crippen molar-refractivity contribution in [3.63, 3.8) is 0 Å². The van der Waals surface area contributed by atoms with Crippen LogP contribution in [0.5, 0.6) is 5.75 Å². The van der Waals surface area contributed by atoms with E-state index in [0.717, 1.165) is 0 Å². The van der Waals surface area contributed by atoms with Crippen LogP contribution in [0.4, 0.5) is 0 Å². The van der Waals surface area contributed by atoms with Gasteiger partial charge >= 0.3 is 29.8 Å². The molecule has 0 spiro atoms. The predicted octanol–water partition coefficient (Wildman–Crippen LogP) is 3.60. The highest BCUT2D eigenvalue weighted by molar-refractivity contribution is 5.97. The molecule has 0 radical (unpaired) electrons. The summed E-state index contributed by atoms with van der Waals surface area (Å²) >= 11 is 0. The molecule has 14 unspecified atom stereocenters. The number of carboxylic acid groups (broad SMARTS) is 5. The van der Waals surface area contributed by atoms with E-state index in [9.17, 15) is 131 Å². The van der Waals surface area contributed by atoms with Crippen LogP contribution in [0.15, 0.2) is 162 Å². The van der Waals surface area contributed by atoms with E-state index in [4.69, 9.17) is 27.4 Å². The SMILES string of the molecule is CC(N=C(O)C(N)CC(=O)O)C(O)=NC(CCC(=O)O)C(O)=NC(Cc1ccccc1)C(O)=NC(CCCNC(=N)N)C(O)=NC(Cc1cnc[nH]1)C(O)=NC(CC(=O)O)C(O)=NC(CO)C(O)=NCC(O)=NC(Cc1ccc(O)cc1)C(O)=NC(CCC(=O)O)C(O)=NC(C(O)=NC(Cc1cnc[nH]1)C(O)=NC(Cc1cnc[nH]1)C(O)=NC(CCC(=N)O)C(=O)O)C(C)C. The number of phenols is 1. The fourth-order valence-corrected chi connectivity index (χ4v) is 11.6. The van der Waals surface area contributed by atoms with Gasteiger partial charge in [0.05, 0.1) is 44.5 Å². The van der Waals surface area contributed by atoms with E-state index >= 15 is 0 Å². The molecule has 0 fully saturated rings. The second kappa shape index (κ2) is 53.1. The molecular formula is C78H107N25O27. The van der Waals surface area contributed by atoms with Gasteiger partial charge in [-0.3, -0.25) is 30.0 Å². The number of hydrogen-bond acceptors (Lipinski definition) is 27. The molecule has 0 saturated heterocycles. The highest BCUT2D eigenvalue weighted by atomic mass is 16.4. The maximum atomic E-state index is 12.5. The van der Waals surface area contributed by atoms with Crippen molar-refractivity contribution in [1.29, 1.82) is 10.8 Å². The van der Waals surface area contributed by atoms with Gasteiger partial charge in [0.1, 0.15) is 78.8 Å². The van der Waals surface area contributed by atoms with Gasteiger partial charge < -0.3 is 144 Å². The van der Waals surface area contributed by atoms with Crippen LogP contribution in [0.1, 0.15) is 113 Å². The molecule has 0 aliphatic heterocycles. The zero-order chi connectivity index (χ0) is 96.4. The van der Waals surface area contributed by atoms with Gasteiger partial charge in [0.15, 0.2) is 29.8 Å². The number of carbonyl (C=O) groups is 5. The number of aliphatic hydroxyl groups excluding tert-OH is 16. The van der Waals surface area contributed by atoms with Crippen molar-refractivity contribution in [2.24, 2.45) is 87.3 Å². The fraction of sp³-hybridized carbons (Fsp3) is 0.462. The molecule has 0 bridgehead atoms. The van der Waals surface area contributed by atoms with Gasteiger partial charge in [0.25, 0.3) is 0 Å². The largest absolute Gasteiger partial charge is 0.508 e. The summed E-state index contributed by atoms with van der Waals surface area (Å²) in [6.45, 7) is 1.78. The van der Waals surface area contributed by atoms with Crippen LogP contribution >= 0.6 is 0 Å². The van der Waals surface area contributed by atoms with Crippen LogP contribution in [0, 0.1) is 16.7 Å². The van der Waals surface area contributed by atoms with Crippen LogP contribution in [0.2, 0.25) is 0 Å². The number of nitrogens with one attached hydrogen (secondary N) is 6. The van der Waals surface area contributed by atoms with E-state index in [0.29, 0.717) is 11.3 Å². The van der Waals surface area contributed by atoms with Crippen LogP contribution in [0.25, 0.3) is 0 Å². The Labute approximate surface area is 738 Å². The lowest BCUT2D eigenvalue weighted by molar-refractivity contribution is -0.139. The lowest BCUT2D eigenvalue weighted by Gasteiger charge is -2.20. The number of guanidine groups is 1. The van der Waals surface area contributed by atoms with E-state index in [-0.39, 0.29) is 61.3 Å². The van der Waals surface area contributed by atoms with E-state index < -0.39 is 292 Å². The summed E-state index contributed by atoms with van der Waals surface area (Å²) in [6.07, 6.45) is -0.0886. The van der Waals surface area contributed by atoms with Gasteiger partial charge in [0.2, 0.25) is 76.7 Å². The summed E-state index contributed by atoms with van der Waals surface area (Å²) in [5.74, 6) is -24.3. The molecule has 2 aromatic carbocycles. The monoisotopic (exact) mass is 1830 g/mol. The number of carboxylic acids is 5. The average molecular weight is 1830 g/mol. The maximum Gasteiger partial charge on any atom is 0.328 e. The average Bonchev–Trinajstić information content (AvgIpc) is 1.26. The Balaban J connectivity index is 1.56. The lowest BCUT2D eigenvalue weighted by Crippen LogP contribution is -2.35. The van der Waals surface area contributed by atoms with Crippen molar-refractivity contribution in [2.75, 3.05) is 19.7 Å². The van der Waals surface area contributed by atoms with Gasteiger partial charge in [-0.15, -0.1) is 0 Å². The number of aromatic hydroxyl groups is 1. The lowest BCUT2D eigenvalue weighted by atomic mass is 10.0. The summed E-state index contributed by atoms with van der Waals surface area (Å²) in [5, 5.41) is 258. The number of nitrogens with two attached hydrogens (primary N) is 2. The Morgan fingerprint density at radius 2 is 0.792 bits per heavy atom. The Hall–Kier alpha value is -15.5. The smallest absolute Gasteiger partial charge is 0.328 e. The van der Waals surface area contributed by atoms with Crippen LogP contribution in [-0.2, 0) is 56.1 Å². The molecule has 0 saturated carbocycles. The molecular weight excluding hydrogens is 1720 g/mol. The summed E-state index contributed by atoms with van der Waals surface area (Å²) in [6, 6.07) is -11.0. The normalized spacial score (nSPS) is 17.0. The van der Waals surface area contributed by atoms with E-state index in [2.05, 4.69) is 105 Å². The van der Waals surface area contributed by atoms with Gasteiger partial charge in [-0.2, -0.15) is 0 Å². The number of aromatic nitrogens is 6.